The topological polar surface area (TPSA) is 109 Å². The lowest BCUT2D eigenvalue weighted by Gasteiger charge is -2.12. The Hall–Kier alpha value is -2.62. The first-order chi connectivity index (χ1) is 13.5. The summed E-state index contributed by atoms with van der Waals surface area (Å²) in [5.41, 5.74) is 8.42. The molecule has 2 amide bonds. The number of rotatable bonds is 8. The average Bonchev–Trinajstić information content (AvgIpc) is 2.71. The fourth-order valence-electron chi connectivity index (χ4n) is 2.67. The maximum atomic E-state index is 11.7. The third-order valence-electron chi connectivity index (χ3n) is 4.10. The van der Waals surface area contributed by atoms with Crippen LogP contribution in [0.2, 0.25) is 0 Å². The first-order valence-corrected chi connectivity index (χ1v) is 9.25. The van der Waals surface area contributed by atoms with E-state index in [2.05, 4.69) is 20.9 Å². The Balaban J connectivity index is 0.00000420. The van der Waals surface area contributed by atoms with Crippen LogP contribution >= 0.6 is 24.0 Å². The van der Waals surface area contributed by atoms with Crippen LogP contribution in [0.3, 0.4) is 0 Å². The summed E-state index contributed by atoms with van der Waals surface area (Å²) in [4.78, 5) is 27.6. The van der Waals surface area contributed by atoms with Gasteiger partial charge in [0.2, 0.25) is 5.91 Å². The molecule has 29 heavy (non-hydrogen) atoms. The molecule has 0 saturated heterocycles. The number of aliphatic imine (C=N–C) groups is 1. The zero-order valence-corrected chi connectivity index (χ0v) is 19.0. The number of halogens is 1. The van der Waals surface area contributed by atoms with Gasteiger partial charge in [-0.25, -0.2) is 4.99 Å². The van der Waals surface area contributed by atoms with Gasteiger partial charge in [-0.15, -0.1) is 24.0 Å². The van der Waals surface area contributed by atoms with E-state index in [0.29, 0.717) is 30.2 Å². The molecule has 0 unspecified atom stereocenters. The van der Waals surface area contributed by atoms with E-state index in [0.717, 1.165) is 24.1 Å². The molecule has 7 nitrogen and oxygen atoms in total. The monoisotopic (exact) mass is 509 g/mol. The Bertz CT molecular complexity index is 854. The summed E-state index contributed by atoms with van der Waals surface area (Å²) in [6.45, 7) is 3.84. The maximum absolute atomic E-state index is 11.7. The zero-order valence-electron chi connectivity index (χ0n) is 16.7. The molecule has 0 aliphatic carbocycles. The van der Waals surface area contributed by atoms with Gasteiger partial charge in [-0.3, -0.25) is 9.59 Å². The number of nitrogens with zero attached hydrogens (tertiary/aromatic N) is 1. The van der Waals surface area contributed by atoms with Crippen LogP contribution in [0.15, 0.2) is 53.5 Å². The van der Waals surface area contributed by atoms with Crippen LogP contribution in [0.4, 0.5) is 0 Å². The van der Waals surface area contributed by atoms with Crippen LogP contribution in [0.1, 0.15) is 38.8 Å². The van der Waals surface area contributed by atoms with E-state index in [4.69, 9.17) is 5.73 Å². The Morgan fingerprint density at radius 1 is 1.00 bits per heavy atom. The number of hydrogen-bond donors (Lipinski definition) is 4. The molecule has 0 bridgehead atoms. The van der Waals surface area contributed by atoms with E-state index in [-0.39, 0.29) is 29.9 Å². The van der Waals surface area contributed by atoms with E-state index in [1.54, 1.807) is 31.3 Å². The van der Waals surface area contributed by atoms with Crippen molar-refractivity contribution in [2.24, 2.45) is 10.7 Å². The van der Waals surface area contributed by atoms with Crippen LogP contribution in [0.25, 0.3) is 0 Å². The number of carbonyl (C=O) groups excluding carboxylic acids is 2. The van der Waals surface area contributed by atoms with Gasteiger partial charge in [0.15, 0.2) is 5.96 Å². The van der Waals surface area contributed by atoms with Crippen LogP contribution in [0, 0.1) is 0 Å². The van der Waals surface area contributed by atoms with Crippen LogP contribution in [0.5, 0.6) is 0 Å². The van der Waals surface area contributed by atoms with Crippen molar-refractivity contribution in [1.29, 1.82) is 0 Å². The van der Waals surface area contributed by atoms with Gasteiger partial charge < -0.3 is 21.7 Å². The highest BCUT2D eigenvalue weighted by molar-refractivity contribution is 14.0. The van der Waals surface area contributed by atoms with Gasteiger partial charge in [0.05, 0.1) is 6.54 Å². The summed E-state index contributed by atoms with van der Waals surface area (Å²) < 4.78 is 0. The fraction of sp³-hybridized carbons (Fsp3) is 0.286. The van der Waals surface area contributed by atoms with Gasteiger partial charge >= 0.3 is 0 Å². The maximum Gasteiger partial charge on any atom is 0.251 e. The Morgan fingerprint density at radius 3 is 2.31 bits per heavy atom. The molecule has 0 aliphatic rings. The number of amides is 2. The van der Waals surface area contributed by atoms with E-state index in [9.17, 15) is 9.59 Å². The molecule has 0 fully saturated rings. The third-order valence-corrected chi connectivity index (χ3v) is 4.10. The lowest BCUT2D eigenvalue weighted by Crippen LogP contribution is -2.38. The highest BCUT2D eigenvalue weighted by Crippen LogP contribution is 2.07. The standard InChI is InChI=1S/C21H27N5O2.HI/c1-3-24-21(26-14-16-7-5-8-17(13-16)19(22)27)25-11-10-15-6-4-9-18(12-15)20(28)23-2;/h4-9,12-13H,3,10-11,14H2,1-2H3,(H2,22,27)(H,23,28)(H2,24,25,26);1H. The van der Waals surface area contributed by atoms with Crippen molar-refractivity contribution in [2.75, 3.05) is 20.1 Å². The number of benzene rings is 2. The predicted molar refractivity (Wildman–Crippen MR) is 127 cm³/mol. The SMILES string of the molecule is CCNC(=NCc1cccc(C(N)=O)c1)NCCc1cccc(C(=O)NC)c1.I. The van der Waals surface area contributed by atoms with Crippen molar-refractivity contribution < 1.29 is 9.59 Å². The molecule has 0 aliphatic heterocycles. The number of nitrogens with two attached hydrogens (primary N) is 1. The summed E-state index contributed by atoms with van der Waals surface area (Å²) in [5, 5.41) is 9.11. The minimum Gasteiger partial charge on any atom is -0.366 e. The van der Waals surface area contributed by atoms with Crippen molar-refractivity contribution in [1.82, 2.24) is 16.0 Å². The first kappa shape index (κ1) is 24.4. The number of primary amides is 1. The van der Waals surface area contributed by atoms with E-state index < -0.39 is 5.91 Å². The second-order valence-electron chi connectivity index (χ2n) is 6.22. The lowest BCUT2D eigenvalue weighted by atomic mass is 10.1. The van der Waals surface area contributed by atoms with E-state index in [1.807, 2.05) is 31.2 Å². The summed E-state index contributed by atoms with van der Waals surface area (Å²) in [5.74, 6) is 0.146. The molecule has 156 valence electrons. The Morgan fingerprint density at radius 2 is 1.66 bits per heavy atom. The van der Waals surface area contributed by atoms with Gasteiger partial charge in [0.1, 0.15) is 0 Å². The summed E-state index contributed by atoms with van der Waals surface area (Å²) in [6.07, 6.45) is 0.756. The number of hydrogen-bond acceptors (Lipinski definition) is 3. The summed E-state index contributed by atoms with van der Waals surface area (Å²) >= 11 is 0. The molecular weight excluding hydrogens is 481 g/mol. The molecule has 0 saturated carbocycles. The molecular formula is C21H28IN5O2. The largest absolute Gasteiger partial charge is 0.366 e. The molecule has 2 aromatic carbocycles. The zero-order chi connectivity index (χ0) is 20.4. The molecule has 2 aromatic rings. The molecule has 0 spiro atoms. The quantitative estimate of drug-likeness (QED) is 0.248. The molecule has 0 atom stereocenters. The normalized spacial score (nSPS) is 10.6. The third kappa shape index (κ3) is 8.10. The minimum absolute atomic E-state index is 0. The van der Waals surface area contributed by atoms with Crippen molar-refractivity contribution >= 4 is 41.8 Å². The van der Waals surface area contributed by atoms with Gasteiger partial charge in [-0.2, -0.15) is 0 Å². The van der Waals surface area contributed by atoms with Crippen LogP contribution in [-0.4, -0.2) is 37.9 Å². The Kier molecular flexibility index (Phi) is 10.7. The highest BCUT2D eigenvalue weighted by atomic mass is 127. The minimum atomic E-state index is -0.449. The van der Waals surface area contributed by atoms with Crippen LogP contribution in [-0.2, 0) is 13.0 Å². The fourth-order valence-corrected chi connectivity index (χ4v) is 2.67. The highest BCUT2D eigenvalue weighted by Gasteiger charge is 2.05. The van der Waals surface area contributed by atoms with Gasteiger partial charge in [0, 0.05) is 31.3 Å². The molecule has 2 rings (SSSR count). The number of nitrogens with one attached hydrogen (secondary N) is 3. The van der Waals surface area contributed by atoms with Crippen molar-refractivity contribution in [3.05, 3.63) is 70.8 Å². The lowest BCUT2D eigenvalue weighted by molar-refractivity contribution is 0.0961. The molecule has 5 N–H and O–H groups in total. The van der Waals surface area contributed by atoms with Gasteiger partial charge in [0.25, 0.3) is 5.91 Å². The Labute approximate surface area is 188 Å². The second kappa shape index (κ2) is 12.8. The van der Waals surface area contributed by atoms with Crippen molar-refractivity contribution in [3.8, 4) is 0 Å². The number of guanidine groups is 1. The first-order valence-electron chi connectivity index (χ1n) is 9.25. The van der Waals surface area contributed by atoms with Gasteiger partial charge in [-0.05, 0) is 48.7 Å². The smallest absolute Gasteiger partial charge is 0.251 e. The predicted octanol–water partition coefficient (Wildman–Crippen LogP) is 2.06. The summed E-state index contributed by atoms with van der Waals surface area (Å²) in [6, 6.07) is 14.7. The molecule has 0 radical (unpaired) electrons. The molecule has 0 aromatic heterocycles. The van der Waals surface area contributed by atoms with Gasteiger partial charge in [-0.1, -0.05) is 24.3 Å². The van der Waals surface area contributed by atoms with E-state index >= 15 is 0 Å². The number of carbonyl (C=O) groups is 2. The second-order valence-corrected chi connectivity index (χ2v) is 6.22. The van der Waals surface area contributed by atoms with E-state index in [1.165, 1.54) is 0 Å². The average molecular weight is 509 g/mol. The summed E-state index contributed by atoms with van der Waals surface area (Å²) in [7, 11) is 1.62. The van der Waals surface area contributed by atoms with Crippen molar-refractivity contribution in [3.63, 3.8) is 0 Å². The van der Waals surface area contributed by atoms with Crippen LogP contribution < -0.4 is 21.7 Å². The molecule has 8 heteroatoms. The van der Waals surface area contributed by atoms with Crippen molar-refractivity contribution in [2.45, 2.75) is 19.9 Å². The molecule has 0 heterocycles.